The Morgan fingerprint density at radius 2 is 1.70 bits per heavy atom. The summed E-state index contributed by atoms with van der Waals surface area (Å²) in [6.07, 6.45) is 0. The van der Waals surface area contributed by atoms with Crippen molar-refractivity contribution in [1.82, 2.24) is 5.32 Å². The van der Waals surface area contributed by atoms with E-state index in [0.717, 1.165) is 12.3 Å². The molecule has 0 aromatic heterocycles. The molecule has 0 saturated carbocycles. The Morgan fingerprint density at radius 1 is 1.00 bits per heavy atom. The summed E-state index contributed by atoms with van der Waals surface area (Å²) in [5, 5.41) is 7.69. The van der Waals surface area contributed by atoms with Gasteiger partial charge in [0.1, 0.15) is 5.75 Å². The Bertz CT molecular complexity index is 751. The van der Waals surface area contributed by atoms with E-state index in [1.165, 1.54) is 21.4 Å². The van der Waals surface area contributed by atoms with Crippen molar-refractivity contribution in [2.24, 2.45) is 0 Å². The van der Waals surface area contributed by atoms with Gasteiger partial charge in [-0.3, -0.25) is 0 Å². The third kappa shape index (κ3) is 7.04. The first-order chi connectivity index (χ1) is 12.6. The van der Waals surface area contributed by atoms with E-state index in [-0.39, 0.29) is 12.3 Å². The highest BCUT2D eigenvalue weighted by atomic mass is 31.1. The Hall–Kier alpha value is -1.19. The van der Waals surface area contributed by atoms with Crippen LogP contribution in [0.4, 0.5) is 0 Å². The molecule has 1 unspecified atom stereocenters. The van der Waals surface area contributed by atoms with Gasteiger partial charge in [0.2, 0.25) is 0 Å². The summed E-state index contributed by atoms with van der Waals surface area (Å²) >= 11 is 0. The summed E-state index contributed by atoms with van der Waals surface area (Å²) in [6, 6.07) is 15.4. The van der Waals surface area contributed by atoms with Gasteiger partial charge in [-0.15, -0.1) is 0 Å². The molecule has 0 aliphatic heterocycles. The normalized spacial score (nSPS) is 12.7. The van der Waals surface area contributed by atoms with Gasteiger partial charge in [0, 0.05) is 24.5 Å². The van der Waals surface area contributed by atoms with Crippen LogP contribution in [0.1, 0.15) is 26.3 Å². The molecule has 0 aliphatic rings. The molecule has 1 atom stereocenters. The lowest BCUT2D eigenvalue weighted by molar-refractivity contribution is 0.0519. The third-order valence-corrected chi connectivity index (χ3v) is 7.73. The van der Waals surface area contributed by atoms with Crippen LogP contribution >= 0.6 is 8.58 Å². The van der Waals surface area contributed by atoms with Crippen molar-refractivity contribution in [1.29, 1.82) is 0 Å². The zero-order valence-electron chi connectivity index (χ0n) is 17.8. The van der Waals surface area contributed by atoms with Crippen LogP contribution in [0.5, 0.6) is 5.75 Å². The maximum absolute atomic E-state index is 5.86. The summed E-state index contributed by atoms with van der Waals surface area (Å²) < 4.78 is 11.0. The van der Waals surface area contributed by atoms with Crippen LogP contribution in [-0.4, -0.2) is 27.5 Å². The average molecular weight is 404 g/mol. The lowest BCUT2D eigenvalue weighted by Gasteiger charge is -2.23. The summed E-state index contributed by atoms with van der Waals surface area (Å²) in [7, 11) is 0.830. The number of ether oxygens (including phenoxy) is 2. The third-order valence-electron chi connectivity index (χ3n) is 4.27. The smallest absolute Gasteiger partial charge is 0.188 e. The molecule has 0 spiro atoms. The summed E-state index contributed by atoms with van der Waals surface area (Å²) in [4.78, 5) is 0. The lowest BCUT2D eigenvalue weighted by Crippen LogP contribution is -2.39. The first kappa shape index (κ1) is 22.1. The molecule has 0 bridgehead atoms. The molecule has 2 aromatic carbocycles. The van der Waals surface area contributed by atoms with E-state index >= 15 is 0 Å². The van der Waals surface area contributed by atoms with Gasteiger partial charge in [-0.25, -0.2) is 0 Å². The van der Waals surface area contributed by atoms with Gasteiger partial charge in [0.05, 0.1) is 8.07 Å². The number of nitrogens with one attached hydrogen (secondary N) is 1. The minimum Gasteiger partial charge on any atom is -0.467 e. The molecular formula is C22H34NO2PSi. The van der Waals surface area contributed by atoms with Gasteiger partial charge in [0.15, 0.2) is 6.79 Å². The fourth-order valence-electron chi connectivity index (χ4n) is 2.64. The monoisotopic (exact) mass is 403 g/mol. The number of hydrogen-bond donors (Lipinski definition) is 1. The van der Waals surface area contributed by atoms with Crippen LogP contribution in [0.25, 0.3) is 0 Å². The molecule has 3 nitrogen and oxygen atoms in total. The minimum absolute atomic E-state index is 0.0979. The van der Waals surface area contributed by atoms with Gasteiger partial charge in [-0.05, 0) is 37.7 Å². The highest BCUT2D eigenvalue weighted by Gasteiger charge is 2.19. The van der Waals surface area contributed by atoms with Crippen molar-refractivity contribution in [3.05, 3.63) is 48.0 Å². The van der Waals surface area contributed by atoms with E-state index in [4.69, 9.17) is 9.47 Å². The van der Waals surface area contributed by atoms with Crippen LogP contribution in [0, 0.1) is 0 Å². The number of rotatable bonds is 8. The van der Waals surface area contributed by atoms with Crippen LogP contribution in [0.2, 0.25) is 19.6 Å². The van der Waals surface area contributed by atoms with Crippen LogP contribution < -0.4 is 25.8 Å². The van der Waals surface area contributed by atoms with E-state index in [9.17, 15) is 0 Å². The molecule has 1 N–H and O–H groups in total. The molecule has 148 valence electrons. The Morgan fingerprint density at radius 3 is 2.33 bits per heavy atom. The van der Waals surface area contributed by atoms with Gasteiger partial charge < -0.3 is 14.8 Å². The fraction of sp³-hybridized carbons (Fsp3) is 0.455. The van der Waals surface area contributed by atoms with Gasteiger partial charge in [-0.1, -0.05) is 69.8 Å². The zero-order chi connectivity index (χ0) is 20.1. The van der Waals surface area contributed by atoms with E-state index in [2.05, 4.69) is 88.2 Å². The predicted octanol–water partition coefficient (Wildman–Crippen LogP) is 3.73. The number of hydrogen-bond acceptors (Lipinski definition) is 3. The SMILES string of the molecule is COCOc1ccc([Si](C)(C)C)cc1Pc1ccccc1CNC(C)(C)C. The topological polar surface area (TPSA) is 30.5 Å². The average Bonchev–Trinajstić information content (AvgIpc) is 2.58. The largest absolute Gasteiger partial charge is 0.467 e. The van der Waals surface area contributed by atoms with Crippen molar-refractivity contribution >= 4 is 32.5 Å². The van der Waals surface area contributed by atoms with E-state index < -0.39 is 8.07 Å². The van der Waals surface area contributed by atoms with Crippen molar-refractivity contribution in [3.8, 4) is 5.75 Å². The van der Waals surface area contributed by atoms with Crippen molar-refractivity contribution in [2.45, 2.75) is 52.5 Å². The lowest BCUT2D eigenvalue weighted by atomic mass is 10.1. The number of methoxy groups -OCH3 is 1. The van der Waals surface area contributed by atoms with Gasteiger partial charge in [0.25, 0.3) is 0 Å². The second-order valence-corrected chi connectivity index (χ2v) is 15.3. The van der Waals surface area contributed by atoms with Crippen molar-refractivity contribution in [2.75, 3.05) is 13.9 Å². The minimum atomic E-state index is -1.38. The maximum atomic E-state index is 5.86. The second kappa shape index (κ2) is 9.34. The van der Waals surface area contributed by atoms with Crippen LogP contribution in [0.3, 0.4) is 0 Å². The van der Waals surface area contributed by atoms with Crippen LogP contribution in [0.15, 0.2) is 42.5 Å². The van der Waals surface area contributed by atoms with Crippen LogP contribution in [-0.2, 0) is 11.3 Å². The van der Waals surface area contributed by atoms with E-state index in [1.54, 1.807) is 7.11 Å². The van der Waals surface area contributed by atoms with E-state index in [0.29, 0.717) is 8.58 Å². The zero-order valence-corrected chi connectivity index (χ0v) is 19.8. The first-order valence-corrected chi connectivity index (χ1v) is 14.0. The molecule has 0 heterocycles. The second-order valence-electron chi connectivity index (χ2n) is 8.90. The van der Waals surface area contributed by atoms with Crippen molar-refractivity contribution in [3.63, 3.8) is 0 Å². The van der Waals surface area contributed by atoms with E-state index in [1.807, 2.05) is 0 Å². The van der Waals surface area contributed by atoms with Gasteiger partial charge >= 0.3 is 0 Å². The summed E-state index contributed by atoms with van der Waals surface area (Å²) in [5.41, 5.74) is 1.45. The molecule has 2 aromatic rings. The standard InChI is InChI=1S/C22H34NO2PSi/c1-22(2,3)23-15-17-10-8-9-11-20(17)26-21-14-18(27(5,6)7)12-13-19(21)25-16-24-4/h8-14,23,26H,15-16H2,1-7H3. The predicted molar refractivity (Wildman–Crippen MR) is 123 cm³/mol. The summed E-state index contributed by atoms with van der Waals surface area (Å²) in [5.74, 6) is 0.927. The molecule has 0 amide bonds. The number of benzene rings is 2. The molecule has 2 rings (SSSR count). The Labute approximate surface area is 167 Å². The first-order valence-electron chi connectivity index (χ1n) is 9.46. The van der Waals surface area contributed by atoms with Gasteiger partial charge in [-0.2, -0.15) is 0 Å². The molecule has 27 heavy (non-hydrogen) atoms. The Balaban J connectivity index is 2.34. The highest BCUT2D eigenvalue weighted by Crippen LogP contribution is 2.22. The molecular weight excluding hydrogens is 369 g/mol. The molecule has 0 radical (unpaired) electrons. The Kier molecular flexibility index (Phi) is 7.64. The summed E-state index contributed by atoms with van der Waals surface area (Å²) in [6.45, 7) is 14.9. The van der Waals surface area contributed by atoms with Crippen molar-refractivity contribution < 1.29 is 9.47 Å². The molecule has 5 heteroatoms. The molecule has 0 aliphatic carbocycles. The fourth-order valence-corrected chi connectivity index (χ4v) is 5.26. The quantitative estimate of drug-likeness (QED) is 0.414. The maximum Gasteiger partial charge on any atom is 0.188 e. The highest BCUT2D eigenvalue weighted by molar-refractivity contribution is 7.56. The molecule has 0 saturated heterocycles. The molecule has 0 fully saturated rings.